The molecular weight excluding hydrogens is 385 g/mol. The maximum Gasteiger partial charge on any atom is 0.258 e. The van der Waals surface area contributed by atoms with E-state index in [1.165, 1.54) is 24.5 Å². The maximum absolute atomic E-state index is 13.2. The van der Waals surface area contributed by atoms with Gasteiger partial charge in [0.2, 0.25) is 5.95 Å². The second-order valence-electron chi connectivity index (χ2n) is 5.13. The van der Waals surface area contributed by atoms with Crippen LogP contribution in [0.25, 0.3) is 0 Å². The predicted molar refractivity (Wildman–Crippen MR) is 96.1 cm³/mol. The molecule has 2 aromatic carbocycles. The Balaban J connectivity index is 1.70. The second-order valence-corrected chi connectivity index (χ2v) is 5.97. The largest absolute Gasteiger partial charge is 0.324 e. The number of carbonyl (C=O) groups excluding carboxylic acids is 1. The van der Waals surface area contributed by atoms with Crippen molar-refractivity contribution in [3.8, 4) is 0 Å². The van der Waals surface area contributed by atoms with Gasteiger partial charge < -0.3 is 10.6 Å². The van der Waals surface area contributed by atoms with E-state index in [2.05, 4.69) is 20.6 Å². The smallest absolute Gasteiger partial charge is 0.258 e. The van der Waals surface area contributed by atoms with Gasteiger partial charge in [0.25, 0.3) is 5.91 Å². The number of hydrogen-bond donors (Lipinski definition) is 2. The zero-order valence-corrected chi connectivity index (χ0v) is 14.4. The quantitative estimate of drug-likeness (QED) is 0.648. The number of aromatic nitrogens is 2. The zero-order chi connectivity index (χ0) is 18.7. The summed E-state index contributed by atoms with van der Waals surface area (Å²) in [6, 6.07) is 7.96. The van der Waals surface area contributed by atoms with Crippen molar-refractivity contribution in [2.24, 2.45) is 0 Å². The van der Waals surface area contributed by atoms with Crippen molar-refractivity contribution >= 4 is 46.4 Å². The number of nitrogens with one attached hydrogen (secondary N) is 2. The number of carbonyl (C=O) groups is 1. The van der Waals surface area contributed by atoms with Crippen LogP contribution >= 0.6 is 23.2 Å². The Hall–Kier alpha value is -2.77. The van der Waals surface area contributed by atoms with Crippen molar-refractivity contribution in [1.82, 2.24) is 9.97 Å². The minimum atomic E-state index is -0.995. The minimum Gasteiger partial charge on any atom is -0.324 e. The van der Waals surface area contributed by atoms with E-state index in [0.717, 1.165) is 12.1 Å². The summed E-state index contributed by atoms with van der Waals surface area (Å²) in [6.45, 7) is 0. The Kier molecular flexibility index (Phi) is 5.29. The molecule has 2 N–H and O–H groups in total. The van der Waals surface area contributed by atoms with Gasteiger partial charge in [-0.15, -0.1) is 0 Å². The summed E-state index contributed by atoms with van der Waals surface area (Å²) in [5.41, 5.74) is 0.853. The van der Waals surface area contributed by atoms with Crippen LogP contribution in [-0.4, -0.2) is 15.9 Å². The van der Waals surface area contributed by atoms with Crippen molar-refractivity contribution in [2.45, 2.75) is 0 Å². The van der Waals surface area contributed by atoms with Crippen molar-refractivity contribution in [3.63, 3.8) is 0 Å². The highest BCUT2D eigenvalue weighted by molar-refractivity contribution is 6.36. The standard InChI is InChI=1S/C17H10Cl2F2N4O/c18-10-1-4-15(12(19)5-10)25-16(26)9-7-22-17(23-8-9)24-11-2-3-13(20)14(21)6-11/h1-8H,(H,25,26)(H,22,23,24). The highest BCUT2D eigenvalue weighted by Crippen LogP contribution is 2.25. The molecule has 0 fully saturated rings. The first-order valence-electron chi connectivity index (χ1n) is 7.23. The molecule has 0 unspecified atom stereocenters. The van der Waals surface area contributed by atoms with Gasteiger partial charge >= 0.3 is 0 Å². The molecule has 26 heavy (non-hydrogen) atoms. The molecule has 0 atom stereocenters. The van der Waals surface area contributed by atoms with Crippen LogP contribution in [0.2, 0.25) is 10.0 Å². The molecule has 1 heterocycles. The lowest BCUT2D eigenvalue weighted by Crippen LogP contribution is -2.13. The van der Waals surface area contributed by atoms with Crippen LogP contribution in [-0.2, 0) is 0 Å². The van der Waals surface area contributed by atoms with Crippen molar-refractivity contribution < 1.29 is 13.6 Å². The maximum atomic E-state index is 13.2. The molecule has 0 spiro atoms. The third-order valence-electron chi connectivity index (χ3n) is 3.27. The van der Waals surface area contributed by atoms with Crippen molar-refractivity contribution in [3.05, 3.63) is 76.0 Å². The van der Waals surface area contributed by atoms with Crippen LogP contribution in [0, 0.1) is 11.6 Å². The Bertz CT molecular complexity index is 967. The Morgan fingerprint density at radius 3 is 2.35 bits per heavy atom. The second kappa shape index (κ2) is 7.63. The fraction of sp³-hybridized carbons (Fsp3) is 0. The van der Waals surface area contributed by atoms with Crippen molar-refractivity contribution in [1.29, 1.82) is 0 Å². The van der Waals surface area contributed by atoms with Gasteiger partial charge in [-0.2, -0.15) is 0 Å². The van der Waals surface area contributed by atoms with E-state index in [9.17, 15) is 13.6 Å². The summed E-state index contributed by atoms with van der Waals surface area (Å²) >= 11 is 11.8. The van der Waals surface area contributed by atoms with E-state index >= 15 is 0 Å². The van der Waals surface area contributed by atoms with E-state index in [0.29, 0.717) is 15.7 Å². The Labute approximate surface area is 157 Å². The normalized spacial score (nSPS) is 10.5. The monoisotopic (exact) mass is 394 g/mol. The summed E-state index contributed by atoms with van der Waals surface area (Å²) < 4.78 is 26.1. The molecule has 0 bridgehead atoms. The van der Waals surface area contributed by atoms with Gasteiger partial charge in [0.15, 0.2) is 11.6 Å². The van der Waals surface area contributed by atoms with Crippen molar-refractivity contribution in [2.75, 3.05) is 10.6 Å². The SMILES string of the molecule is O=C(Nc1ccc(Cl)cc1Cl)c1cnc(Nc2ccc(F)c(F)c2)nc1. The van der Waals surface area contributed by atoms with E-state index in [1.54, 1.807) is 12.1 Å². The fourth-order valence-electron chi connectivity index (χ4n) is 2.00. The first-order valence-corrected chi connectivity index (χ1v) is 7.98. The topological polar surface area (TPSA) is 66.9 Å². The van der Waals surface area contributed by atoms with E-state index in [1.807, 2.05) is 0 Å². The molecule has 0 radical (unpaired) electrons. The number of benzene rings is 2. The summed E-state index contributed by atoms with van der Waals surface area (Å²) in [5.74, 6) is -2.29. The highest BCUT2D eigenvalue weighted by Gasteiger charge is 2.11. The lowest BCUT2D eigenvalue weighted by atomic mass is 10.2. The van der Waals surface area contributed by atoms with Crippen LogP contribution in [0.15, 0.2) is 48.8 Å². The summed E-state index contributed by atoms with van der Waals surface area (Å²) in [6.07, 6.45) is 2.57. The Morgan fingerprint density at radius 1 is 0.962 bits per heavy atom. The molecule has 0 aliphatic carbocycles. The number of hydrogen-bond acceptors (Lipinski definition) is 4. The van der Waals surface area contributed by atoms with Gasteiger partial charge in [-0.25, -0.2) is 18.7 Å². The highest BCUT2D eigenvalue weighted by atomic mass is 35.5. The summed E-state index contributed by atoms with van der Waals surface area (Å²) in [4.78, 5) is 20.2. The van der Waals surface area contributed by atoms with Gasteiger partial charge in [-0.1, -0.05) is 23.2 Å². The zero-order valence-electron chi connectivity index (χ0n) is 12.9. The first-order chi connectivity index (χ1) is 12.4. The third kappa shape index (κ3) is 4.25. The molecule has 3 aromatic rings. The van der Waals surface area contributed by atoms with E-state index in [4.69, 9.17) is 23.2 Å². The van der Waals surface area contributed by atoms with Gasteiger partial charge in [0.1, 0.15) is 0 Å². The van der Waals surface area contributed by atoms with E-state index in [-0.39, 0.29) is 17.2 Å². The van der Waals surface area contributed by atoms with Crippen LogP contribution in [0.1, 0.15) is 10.4 Å². The van der Waals surface area contributed by atoms with Crippen LogP contribution in [0.4, 0.5) is 26.1 Å². The molecule has 1 amide bonds. The Morgan fingerprint density at radius 2 is 1.69 bits per heavy atom. The van der Waals surface area contributed by atoms with Gasteiger partial charge in [-0.3, -0.25) is 4.79 Å². The number of halogens is 4. The lowest BCUT2D eigenvalue weighted by Gasteiger charge is -2.08. The van der Waals surface area contributed by atoms with Gasteiger partial charge in [0.05, 0.1) is 16.3 Å². The third-order valence-corrected chi connectivity index (χ3v) is 3.82. The molecule has 5 nitrogen and oxygen atoms in total. The molecule has 0 aliphatic heterocycles. The molecule has 0 saturated carbocycles. The lowest BCUT2D eigenvalue weighted by molar-refractivity contribution is 0.102. The van der Waals surface area contributed by atoms with Crippen LogP contribution < -0.4 is 10.6 Å². The number of anilines is 3. The van der Waals surface area contributed by atoms with Gasteiger partial charge in [0, 0.05) is 29.2 Å². The molecule has 1 aromatic heterocycles. The number of nitrogens with zero attached hydrogens (tertiary/aromatic N) is 2. The molecule has 9 heteroatoms. The molecular formula is C17H10Cl2F2N4O. The predicted octanol–water partition coefficient (Wildman–Crippen LogP) is 5.06. The summed E-state index contributed by atoms with van der Waals surface area (Å²) in [7, 11) is 0. The molecule has 132 valence electrons. The average molecular weight is 395 g/mol. The minimum absolute atomic E-state index is 0.122. The number of rotatable bonds is 4. The van der Waals surface area contributed by atoms with Gasteiger partial charge in [-0.05, 0) is 30.3 Å². The molecule has 0 aliphatic rings. The summed E-state index contributed by atoms with van der Waals surface area (Å²) in [5, 5.41) is 6.07. The molecule has 3 rings (SSSR count). The average Bonchev–Trinajstić information content (AvgIpc) is 2.61. The first kappa shape index (κ1) is 18.0. The molecule has 0 saturated heterocycles. The number of amides is 1. The van der Waals surface area contributed by atoms with Crippen LogP contribution in [0.5, 0.6) is 0 Å². The fourth-order valence-corrected chi connectivity index (χ4v) is 2.45. The van der Waals surface area contributed by atoms with Crippen LogP contribution in [0.3, 0.4) is 0 Å². The van der Waals surface area contributed by atoms with E-state index < -0.39 is 17.5 Å².